The van der Waals surface area contributed by atoms with E-state index in [2.05, 4.69) is 5.32 Å². The zero-order chi connectivity index (χ0) is 39.8. The minimum absolute atomic E-state index is 0.0386. The van der Waals surface area contributed by atoms with E-state index in [-0.39, 0.29) is 33.0 Å². The molecule has 19 heteroatoms. The molecule has 1 unspecified atom stereocenters. The molecular weight excluding hydrogens is 720 g/mol. The van der Waals surface area contributed by atoms with Gasteiger partial charge in [0.05, 0.1) is 25.9 Å². The maximum Gasteiger partial charge on any atom is 0.407 e. The van der Waals surface area contributed by atoms with Gasteiger partial charge in [-0.1, -0.05) is 44.2 Å². The highest BCUT2D eigenvalue weighted by molar-refractivity contribution is 5.69. The predicted molar refractivity (Wildman–Crippen MR) is 181 cm³/mol. The molecule has 19 nitrogen and oxygen atoms in total. The molecule has 0 radical (unpaired) electrons. The summed E-state index contributed by atoms with van der Waals surface area (Å²) in [4.78, 5) is 72.7. The molecule has 2 fully saturated rings. The number of hydrogen-bond acceptors (Lipinski definition) is 17. The molecule has 2 saturated heterocycles. The van der Waals surface area contributed by atoms with E-state index in [1.165, 1.54) is 6.92 Å². The van der Waals surface area contributed by atoms with Crippen molar-refractivity contribution in [2.24, 2.45) is 11.7 Å². The standard InChI is InChI=1S/C35H50N2O17/c1-7-25-19(2)27(48-21(4)39)30(32(51-25)45-16-15-44-14-13-37-35(43)47-17-24-11-9-8-10-12-24)53-33-31(50-23(6)41)29(54-34(36)42)28(49-22(5)40)26(52-33)18-46-20(3)38/h8-12,19,25-33H,7,13-18H2,1-6H3,(H2,36,42)(H,37,43)/t19-,25+,26-,27+,28-,29+,30+,31+,32-,33?/m1/s1. The summed E-state index contributed by atoms with van der Waals surface area (Å²) in [7, 11) is 0. The first-order valence-corrected chi connectivity index (χ1v) is 17.4. The summed E-state index contributed by atoms with van der Waals surface area (Å²) in [5.74, 6) is -3.52. The monoisotopic (exact) mass is 770 g/mol. The molecule has 302 valence electrons. The third-order valence-corrected chi connectivity index (χ3v) is 8.14. The maximum atomic E-state index is 12.4. The fraction of sp³-hybridized carbons (Fsp3) is 0.657. The number of nitrogens with one attached hydrogen (secondary N) is 1. The number of ether oxygens (including phenoxy) is 11. The quantitative estimate of drug-likeness (QED) is 0.122. The van der Waals surface area contributed by atoms with Crippen molar-refractivity contribution in [3.8, 4) is 0 Å². The third kappa shape index (κ3) is 14.0. The fourth-order valence-corrected chi connectivity index (χ4v) is 5.87. The number of primary amides is 1. The zero-order valence-corrected chi connectivity index (χ0v) is 31.1. The van der Waals surface area contributed by atoms with E-state index in [1.807, 2.05) is 37.3 Å². The minimum atomic E-state index is -1.65. The van der Waals surface area contributed by atoms with Crippen molar-refractivity contribution in [2.75, 3.05) is 33.0 Å². The Morgan fingerprint density at radius 1 is 0.704 bits per heavy atom. The number of amides is 2. The topological polar surface area (TPSA) is 242 Å². The number of carbonyl (C=O) groups is 6. The Labute approximate surface area is 312 Å². The van der Waals surface area contributed by atoms with E-state index >= 15 is 0 Å². The Morgan fingerprint density at radius 3 is 1.94 bits per heavy atom. The van der Waals surface area contributed by atoms with E-state index in [1.54, 1.807) is 6.92 Å². The lowest BCUT2D eigenvalue weighted by Gasteiger charge is -2.48. The van der Waals surface area contributed by atoms with Gasteiger partial charge < -0.3 is 63.2 Å². The van der Waals surface area contributed by atoms with Crippen LogP contribution in [0.15, 0.2) is 30.3 Å². The van der Waals surface area contributed by atoms with Crippen LogP contribution >= 0.6 is 0 Å². The van der Waals surface area contributed by atoms with Crippen molar-refractivity contribution in [3.05, 3.63) is 35.9 Å². The molecule has 0 saturated carbocycles. The van der Waals surface area contributed by atoms with Crippen molar-refractivity contribution in [1.82, 2.24) is 5.32 Å². The highest BCUT2D eigenvalue weighted by Crippen LogP contribution is 2.36. The second kappa shape index (κ2) is 22.0. The second-order valence-electron chi connectivity index (χ2n) is 12.4. The summed E-state index contributed by atoms with van der Waals surface area (Å²) in [6.07, 6.45) is -13.2. The molecule has 0 spiro atoms. The molecule has 0 bridgehead atoms. The largest absolute Gasteiger partial charge is 0.463 e. The van der Waals surface area contributed by atoms with Gasteiger partial charge in [0, 0.05) is 40.2 Å². The molecule has 1 aromatic rings. The first kappa shape index (κ1) is 43.8. The summed E-state index contributed by atoms with van der Waals surface area (Å²) in [5, 5.41) is 2.59. The minimum Gasteiger partial charge on any atom is -0.463 e. The number of rotatable bonds is 18. The van der Waals surface area contributed by atoms with E-state index in [0.29, 0.717) is 6.42 Å². The van der Waals surface area contributed by atoms with Gasteiger partial charge in [0.1, 0.15) is 31.5 Å². The van der Waals surface area contributed by atoms with Crippen LogP contribution in [0.5, 0.6) is 0 Å². The molecular formula is C35H50N2O17. The van der Waals surface area contributed by atoms with Crippen molar-refractivity contribution in [3.63, 3.8) is 0 Å². The van der Waals surface area contributed by atoms with Crippen LogP contribution in [0.2, 0.25) is 0 Å². The van der Waals surface area contributed by atoms with Crippen LogP contribution in [0.3, 0.4) is 0 Å². The number of alkyl carbamates (subject to hydrolysis) is 1. The molecule has 3 N–H and O–H groups in total. The number of benzene rings is 1. The van der Waals surface area contributed by atoms with Gasteiger partial charge >= 0.3 is 36.1 Å². The Bertz CT molecular complexity index is 1400. The molecule has 0 aliphatic carbocycles. The van der Waals surface area contributed by atoms with Gasteiger partial charge in [-0.15, -0.1) is 0 Å². The average Bonchev–Trinajstić information content (AvgIpc) is 3.10. The van der Waals surface area contributed by atoms with Gasteiger partial charge in [-0.2, -0.15) is 0 Å². The summed E-state index contributed by atoms with van der Waals surface area (Å²) in [5.41, 5.74) is 6.20. The molecule has 2 amide bonds. The van der Waals surface area contributed by atoms with Crippen molar-refractivity contribution in [2.45, 2.75) is 110 Å². The Kier molecular flexibility index (Phi) is 17.8. The van der Waals surface area contributed by atoms with E-state index < -0.39 is 104 Å². The SMILES string of the molecule is CC[C@@H]1O[C@@H](OCCOCCNC(=O)OCc2ccccc2)[C@@H](OC2O[C@H](COC(C)=O)[C@@H](OC(C)=O)[C@H](OC(N)=O)[C@@H]2OC(C)=O)[C@@H](OC(C)=O)[C@@H]1C. The average molecular weight is 771 g/mol. The summed E-state index contributed by atoms with van der Waals surface area (Å²) < 4.78 is 62.5. The van der Waals surface area contributed by atoms with Crippen LogP contribution in [0, 0.1) is 5.92 Å². The van der Waals surface area contributed by atoms with E-state index in [4.69, 9.17) is 57.8 Å². The lowest BCUT2D eigenvalue weighted by atomic mass is 9.88. The van der Waals surface area contributed by atoms with Crippen molar-refractivity contribution < 1.29 is 80.9 Å². The molecule has 1 aromatic carbocycles. The van der Waals surface area contributed by atoms with Gasteiger partial charge in [-0.25, -0.2) is 9.59 Å². The van der Waals surface area contributed by atoms with Gasteiger partial charge in [0.15, 0.2) is 30.9 Å². The van der Waals surface area contributed by atoms with Crippen molar-refractivity contribution in [1.29, 1.82) is 0 Å². The third-order valence-electron chi connectivity index (χ3n) is 8.14. The van der Waals surface area contributed by atoms with Crippen LogP contribution in [-0.4, -0.2) is 124 Å². The Hall–Kier alpha value is -4.56. The molecule has 54 heavy (non-hydrogen) atoms. The summed E-state index contributed by atoms with van der Waals surface area (Å²) in [6, 6.07) is 9.20. The lowest BCUT2D eigenvalue weighted by molar-refractivity contribution is -0.362. The van der Waals surface area contributed by atoms with E-state index in [9.17, 15) is 28.8 Å². The zero-order valence-electron chi connectivity index (χ0n) is 31.1. The Morgan fingerprint density at radius 2 is 1.33 bits per heavy atom. The first-order valence-electron chi connectivity index (χ1n) is 17.4. The van der Waals surface area contributed by atoms with Crippen LogP contribution < -0.4 is 11.1 Å². The highest BCUT2D eigenvalue weighted by Gasteiger charge is 2.56. The molecule has 3 rings (SSSR count). The van der Waals surface area contributed by atoms with Gasteiger partial charge in [-0.05, 0) is 12.0 Å². The molecule has 2 heterocycles. The van der Waals surface area contributed by atoms with Gasteiger partial charge in [-0.3, -0.25) is 19.2 Å². The van der Waals surface area contributed by atoms with Crippen LogP contribution in [0.1, 0.15) is 53.5 Å². The Balaban J connectivity index is 1.78. The fourth-order valence-electron chi connectivity index (χ4n) is 5.87. The maximum absolute atomic E-state index is 12.4. The van der Waals surface area contributed by atoms with Gasteiger partial charge in [0.25, 0.3) is 0 Å². The molecule has 0 aromatic heterocycles. The number of hydrogen-bond donors (Lipinski definition) is 2. The summed E-state index contributed by atoms with van der Waals surface area (Å²) in [6.45, 7) is 7.98. The number of nitrogens with two attached hydrogens (primary N) is 1. The highest BCUT2D eigenvalue weighted by atomic mass is 16.8. The second-order valence-corrected chi connectivity index (χ2v) is 12.4. The normalized spacial score (nSPS) is 27.8. The van der Waals surface area contributed by atoms with Crippen LogP contribution in [0.4, 0.5) is 9.59 Å². The number of esters is 4. The molecule has 2 aliphatic heterocycles. The number of carbonyl (C=O) groups excluding carboxylic acids is 6. The molecule has 2 aliphatic rings. The van der Waals surface area contributed by atoms with Crippen LogP contribution in [0.25, 0.3) is 0 Å². The van der Waals surface area contributed by atoms with Gasteiger partial charge in [0.2, 0.25) is 0 Å². The van der Waals surface area contributed by atoms with Crippen molar-refractivity contribution >= 4 is 36.1 Å². The smallest absolute Gasteiger partial charge is 0.407 e. The van der Waals surface area contributed by atoms with E-state index in [0.717, 1.165) is 26.3 Å². The first-order chi connectivity index (χ1) is 25.7. The van der Waals surface area contributed by atoms with Crippen LogP contribution in [-0.2, 0) is 77.9 Å². The molecule has 10 atom stereocenters. The lowest BCUT2D eigenvalue weighted by Crippen LogP contribution is -2.65. The summed E-state index contributed by atoms with van der Waals surface area (Å²) >= 11 is 0. The predicted octanol–water partition coefficient (Wildman–Crippen LogP) is 1.65.